The van der Waals surface area contributed by atoms with Crippen LogP contribution in [0.15, 0.2) is 11.6 Å². The zero-order chi connectivity index (χ0) is 11.2. The molecule has 0 aromatic rings. The zero-order valence-electron chi connectivity index (χ0n) is 10.3. The lowest BCUT2D eigenvalue weighted by molar-refractivity contribution is -0.116. The van der Waals surface area contributed by atoms with Crippen molar-refractivity contribution in [1.29, 1.82) is 0 Å². The van der Waals surface area contributed by atoms with Crippen molar-refractivity contribution in [2.24, 2.45) is 5.92 Å². The number of ketones is 1. The molecule has 1 saturated carbocycles. The van der Waals surface area contributed by atoms with E-state index in [1.54, 1.807) is 0 Å². The summed E-state index contributed by atoms with van der Waals surface area (Å²) >= 11 is 0. The summed E-state index contributed by atoms with van der Waals surface area (Å²) in [4.78, 5) is 12.1. The number of hydrogen-bond donors (Lipinski definition) is 0. The van der Waals surface area contributed by atoms with E-state index in [1.165, 1.54) is 51.4 Å². The van der Waals surface area contributed by atoms with Gasteiger partial charge in [0.1, 0.15) is 0 Å². The molecule has 0 spiro atoms. The van der Waals surface area contributed by atoms with Crippen LogP contribution < -0.4 is 0 Å². The van der Waals surface area contributed by atoms with Crippen LogP contribution in [0.3, 0.4) is 0 Å². The molecule has 16 heavy (non-hydrogen) atoms. The van der Waals surface area contributed by atoms with Crippen LogP contribution in [0.5, 0.6) is 0 Å². The van der Waals surface area contributed by atoms with Crippen molar-refractivity contribution < 1.29 is 4.79 Å². The summed E-state index contributed by atoms with van der Waals surface area (Å²) < 4.78 is 0. The lowest BCUT2D eigenvalue weighted by atomic mass is 9.88. The Morgan fingerprint density at radius 3 is 2.44 bits per heavy atom. The molecule has 1 heteroatoms. The maximum atomic E-state index is 12.1. The second-order valence-electron chi connectivity index (χ2n) is 5.46. The van der Waals surface area contributed by atoms with E-state index in [9.17, 15) is 4.79 Å². The van der Waals surface area contributed by atoms with E-state index in [0.29, 0.717) is 11.7 Å². The highest BCUT2D eigenvalue weighted by Gasteiger charge is 2.19. The molecule has 1 nitrogen and oxygen atoms in total. The van der Waals surface area contributed by atoms with Gasteiger partial charge in [-0.3, -0.25) is 4.79 Å². The van der Waals surface area contributed by atoms with Crippen LogP contribution >= 0.6 is 0 Å². The van der Waals surface area contributed by atoms with Gasteiger partial charge in [-0.1, -0.05) is 44.6 Å². The van der Waals surface area contributed by atoms with Crippen LogP contribution in [0.2, 0.25) is 0 Å². The summed E-state index contributed by atoms with van der Waals surface area (Å²) in [6, 6.07) is 0. The molecule has 0 radical (unpaired) electrons. The highest BCUT2D eigenvalue weighted by atomic mass is 16.1. The Labute approximate surface area is 99.3 Å². The number of Topliss-reactive ketones (excluding diaryl/α,β-unsaturated/α-hetero) is 1. The van der Waals surface area contributed by atoms with E-state index in [1.807, 2.05) is 0 Å². The molecule has 0 unspecified atom stereocenters. The van der Waals surface area contributed by atoms with Crippen molar-refractivity contribution in [1.82, 2.24) is 0 Å². The minimum Gasteiger partial charge on any atom is -0.295 e. The van der Waals surface area contributed by atoms with Crippen molar-refractivity contribution >= 4 is 5.78 Å². The smallest absolute Gasteiger partial charge is 0.158 e. The molecular formula is C15H24O. The molecule has 2 aliphatic rings. The minimum absolute atomic E-state index is 0.464. The first-order valence-electron chi connectivity index (χ1n) is 7.08. The predicted molar refractivity (Wildman–Crippen MR) is 67.4 cm³/mol. The topological polar surface area (TPSA) is 17.1 Å². The Morgan fingerprint density at radius 1 is 1.06 bits per heavy atom. The fourth-order valence-electron chi connectivity index (χ4n) is 3.05. The van der Waals surface area contributed by atoms with Gasteiger partial charge >= 0.3 is 0 Å². The maximum Gasteiger partial charge on any atom is 0.158 e. The summed E-state index contributed by atoms with van der Waals surface area (Å²) in [6.45, 7) is 0. The number of hydrogen-bond acceptors (Lipinski definition) is 1. The Hall–Kier alpha value is -0.590. The molecule has 2 rings (SSSR count). The molecule has 0 N–H and O–H groups in total. The summed E-state index contributed by atoms with van der Waals surface area (Å²) in [7, 11) is 0. The lowest BCUT2D eigenvalue weighted by Crippen LogP contribution is -2.11. The molecule has 0 heterocycles. The number of rotatable bonds is 3. The van der Waals surface area contributed by atoms with Crippen LogP contribution in [0.25, 0.3) is 0 Å². The van der Waals surface area contributed by atoms with Gasteiger partial charge in [0.05, 0.1) is 0 Å². The quantitative estimate of drug-likeness (QED) is 0.644. The molecule has 0 aromatic heterocycles. The third-order valence-corrected chi connectivity index (χ3v) is 4.10. The van der Waals surface area contributed by atoms with Crippen molar-refractivity contribution in [2.45, 2.75) is 70.6 Å². The fraction of sp³-hybridized carbons (Fsp3) is 0.800. The van der Waals surface area contributed by atoms with E-state index in [-0.39, 0.29) is 0 Å². The van der Waals surface area contributed by atoms with E-state index in [0.717, 1.165) is 24.8 Å². The SMILES string of the molecule is O=C(CC1CCCCCC1)C1=CCCCC1. The average molecular weight is 220 g/mol. The molecule has 0 aliphatic heterocycles. The largest absolute Gasteiger partial charge is 0.295 e. The highest BCUT2D eigenvalue weighted by Crippen LogP contribution is 2.28. The second-order valence-corrected chi connectivity index (χ2v) is 5.46. The standard InChI is InChI=1S/C15H24O/c16-15(14-10-6-3-7-11-14)12-13-8-4-1-2-5-9-13/h10,13H,1-9,11-12H2. The van der Waals surface area contributed by atoms with E-state index < -0.39 is 0 Å². The van der Waals surface area contributed by atoms with Gasteiger partial charge in [-0.25, -0.2) is 0 Å². The predicted octanol–water partition coefficient (Wildman–Crippen LogP) is 4.42. The average Bonchev–Trinajstić information content (AvgIpc) is 2.59. The molecule has 1 fully saturated rings. The van der Waals surface area contributed by atoms with Gasteiger partial charge in [0, 0.05) is 6.42 Å². The van der Waals surface area contributed by atoms with E-state index in [4.69, 9.17) is 0 Å². The normalized spacial score (nSPS) is 23.6. The second kappa shape index (κ2) is 6.22. The van der Waals surface area contributed by atoms with Gasteiger partial charge in [0.15, 0.2) is 5.78 Å². The molecular weight excluding hydrogens is 196 g/mol. The van der Waals surface area contributed by atoms with Crippen LogP contribution in [-0.4, -0.2) is 5.78 Å². The first-order valence-corrected chi connectivity index (χ1v) is 7.08. The Kier molecular flexibility index (Phi) is 4.62. The van der Waals surface area contributed by atoms with Crippen LogP contribution in [0.1, 0.15) is 70.6 Å². The van der Waals surface area contributed by atoms with Crippen LogP contribution in [0.4, 0.5) is 0 Å². The van der Waals surface area contributed by atoms with Gasteiger partial charge in [-0.05, 0) is 37.2 Å². The monoisotopic (exact) mass is 220 g/mol. The Bertz CT molecular complexity index is 257. The first kappa shape index (κ1) is 11.9. The van der Waals surface area contributed by atoms with Gasteiger partial charge in [0.25, 0.3) is 0 Å². The number of carbonyl (C=O) groups excluding carboxylic acids is 1. The zero-order valence-corrected chi connectivity index (χ0v) is 10.3. The summed E-state index contributed by atoms with van der Waals surface area (Å²) in [5.74, 6) is 1.16. The van der Waals surface area contributed by atoms with Crippen LogP contribution in [-0.2, 0) is 4.79 Å². The Morgan fingerprint density at radius 2 is 1.81 bits per heavy atom. The van der Waals surface area contributed by atoms with Crippen molar-refractivity contribution in [3.63, 3.8) is 0 Å². The number of allylic oxidation sites excluding steroid dienone is 2. The third kappa shape index (κ3) is 3.47. The minimum atomic E-state index is 0.464. The molecule has 0 bridgehead atoms. The highest BCUT2D eigenvalue weighted by molar-refractivity contribution is 5.95. The van der Waals surface area contributed by atoms with Gasteiger partial charge in [-0.2, -0.15) is 0 Å². The first-order chi connectivity index (χ1) is 7.86. The van der Waals surface area contributed by atoms with Crippen molar-refractivity contribution in [3.05, 3.63) is 11.6 Å². The van der Waals surface area contributed by atoms with Gasteiger partial charge in [-0.15, -0.1) is 0 Å². The summed E-state index contributed by atoms with van der Waals surface area (Å²) in [5, 5.41) is 0. The maximum absolute atomic E-state index is 12.1. The van der Waals surface area contributed by atoms with Crippen molar-refractivity contribution in [2.75, 3.05) is 0 Å². The molecule has 0 atom stereocenters. The van der Waals surface area contributed by atoms with Crippen LogP contribution in [0, 0.1) is 5.92 Å². The molecule has 0 saturated heterocycles. The molecule has 90 valence electrons. The Balaban J connectivity index is 1.83. The molecule has 0 aromatic carbocycles. The third-order valence-electron chi connectivity index (χ3n) is 4.10. The summed E-state index contributed by atoms with van der Waals surface area (Å²) in [6.07, 6.45) is 15.8. The van der Waals surface area contributed by atoms with E-state index >= 15 is 0 Å². The lowest BCUT2D eigenvalue weighted by Gasteiger charge is -2.16. The number of carbonyl (C=O) groups is 1. The molecule has 0 amide bonds. The molecule has 2 aliphatic carbocycles. The summed E-state index contributed by atoms with van der Waals surface area (Å²) in [5.41, 5.74) is 1.15. The fourth-order valence-corrected chi connectivity index (χ4v) is 3.05. The van der Waals surface area contributed by atoms with Gasteiger partial charge < -0.3 is 0 Å². The van der Waals surface area contributed by atoms with E-state index in [2.05, 4.69) is 6.08 Å². The van der Waals surface area contributed by atoms with Gasteiger partial charge in [0.2, 0.25) is 0 Å². The van der Waals surface area contributed by atoms with Crippen molar-refractivity contribution in [3.8, 4) is 0 Å².